The lowest BCUT2D eigenvalue weighted by atomic mass is 10.2. The first-order chi connectivity index (χ1) is 10.6. The molecular weight excluding hydrogens is 282 g/mol. The van der Waals surface area contributed by atoms with E-state index in [4.69, 9.17) is 5.11 Å². The average Bonchev–Trinajstić information content (AvgIpc) is 2.93. The number of aliphatic hydroxyl groups excluding tert-OH is 1. The summed E-state index contributed by atoms with van der Waals surface area (Å²) in [5.41, 5.74) is 1.19. The highest BCUT2D eigenvalue weighted by Gasteiger charge is 2.05. The summed E-state index contributed by atoms with van der Waals surface area (Å²) in [7, 11) is 0. The van der Waals surface area contributed by atoms with Gasteiger partial charge in [-0.15, -0.1) is 0 Å². The quantitative estimate of drug-likeness (QED) is 0.721. The maximum Gasteiger partial charge on any atom is 0.320 e. The Morgan fingerprint density at radius 1 is 1.36 bits per heavy atom. The second-order valence-corrected chi connectivity index (χ2v) is 5.09. The number of nitrogens with one attached hydrogen (secondary N) is 2. The largest absolute Gasteiger partial charge is 0.393 e. The van der Waals surface area contributed by atoms with E-state index in [2.05, 4.69) is 20.7 Å². The molecule has 0 spiro atoms. The Balaban J connectivity index is 1.75. The van der Waals surface area contributed by atoms with Gasteiger partial charge in [-0.25, -0.2) is 4.79 Å². The van der Waals surface area contributed by atoms with Crippen LogP contribution >= 0.6 is 0 Å². The van der Waals surface area contributed by atoms with Crippen LogP contribution in [-0.4, -0.2) is 38.6 Å². The van der Waals surface area contributed by atoms with Gasteiger partial charge in [0.15, 0.2) is 5.82 Å². The summed E-state index contributed by atoms with van der Waals surface area (Å²) in [6.45, 7) is 2.84. The van der Waals surface area contributed by atoms with Gasteiger partial charge in [0.25, 0.3) is 0 Å². The van der Waals surface area contributed by atoms with Crippen molar-refractivity contribution in [1.82, 2.24) is 20.1 Å². The SMILES string of the molecule is CC(O)CCNC(=O)Nc1ccn(CCc2ccncc2)n1. The fourth-order valence-corrected chi connectivity index (χ4v) is 1.90. The van der Waals surface area contributed by atoms with E-state index < -0.39 is 6.10 Å². The Morgan fingerprint density at radius 2 is 2.14 bits per heavy atom. The van der Waals surface area contributed by atoms with Crippen molar-refractivity contribution in [3.05, 3.63) is 42.4 Å². The predicted octanol–water partition coefficient (Wildman–Crippen LogP) is 1.41. The molecule has 0 aromatic carbocycles. The zero-order chi connectivity index (χ0) is 15.8. The van der Waals surface area contributed by atoms with Gasteiger partial charge < -0.3 is 10.4 Å². The van der Waals surface area contributed by atoms with Crippen molar-refractivity contribution >= 4 is 11.8 Å². The lowest BCUT2D eigenvalue weighted by molar-refractivity contribution is 0.184. The van der Waals surface area contributed by atoms with Crippen LogP contribution in [-0.2, 0) is 13.0 Å². The number of rotatable bonds is 7. The molecule has 3 N–H and O–H groups in total. The Labute approximate surface area is 129 Å². The van der Waals surface area contributed by atoms with Gasteiger partial charge >= 0.3 is 6.03 Å². The van der Waals surface area contributed by atoms with Gasteiger partial charge in [0.1, 0.15) is 0 Å². The lowest BCUT2D eigenvalue weighted by Crippen LogP contribution is -2.31. The molecular formula is C15H21N5O2. The molecule has 0 saturated heterocycles. The van der Waals surface area contributed by atoms with Crippen LogP contribution in [0.2, 0.25) is 0 Å². The molecule has 0 aliphatic rings. The van der Waals surface area contributed by atoms with Gasteiger partial charge in [-0.05, 0) is 37.5 Å². The zero-order valence-electron chi connectivity index (χ0n) is 12.6. The molecule has 2 amide bonds. The predicted molar refractivity (Wildman–Crippen MR) is 83.5 cm³/mol. The van der Waals surface area contributed by atoms with Crippen LogP contribution in [0.25, 0.3) is 0 Å². The van der Waals surface area contributed by atoms with Crippen LogP contribution in [0, 0.1) is 0 Å². The number of aliphatic hydroxyl groups is 1. The second kappa shape index (κ2) is 8.14. The van der Waals surface area contributed by atoms with Crippen LogP contribution in [0.1, 0.15) is 18.9 Å². The van der Waals surface area contributed by atoms with E-state index in [9.17, 15) is 4.79 Å². The first kappa shape index (κ1) is 16.0. The number of carbonyl (C=O) groups is 1. The standard InChI is InChI=1S/C15H21N5O2/c1-12(21)2-9-17-15(22)18-14-6-11-20(19-14)10-5-13-3-7-16-8-4-13/h3-4,6-8,11-12,21H,2,5,9-10H2,1H3,(H2,17,18,19,22). The van der Waals surface area contributed by atoms with E-state index in [1.165, 1.54) is 5.56 Å². The van der Waals surface area contributed by atoms with E-state index in [0.29, 0.717) is 18.8 Å². The van der Waals surface area contributed by atoms with Crippen LogP contribution in [0.15, 0.2) is 36.8 Å². The van der Waals surface area contributed by atoms with Crippen molar-refractivity contribution < 1.29 is 9.90 Å². The number of aromatic nitrogens is 3. The molecule has 0 aliphatic heterocycles. The third kappa shape index (κ3) is 5.53. The van der Waals surface area contributed by atoms with E-state index in [-0.39, 0.29) is 6.03 Å². The summed E-state index contributed by atoms with van der Waals surface area (Å²) < 4.78 is 1.78. The highest BCUT2D eigenvalue weighted by atomic mass is 16.3. The number of carbonyl (C=O) groups excluding carboxylic acids is 1. The minimum Gasteiger partial charge on any atom is -0.393 e. The Morgan fingerprint density at radius 3 is 2.86 bits per heavy atom. The van der Waals surface area contributed by atoms with Gasteiger partial charge in [-0.2, -0.15) is 5.10 Å². The smallest absolute Gasteiger partial charge is 0.320 e. The monoisotopic (exact) mass is 303 g/mol. The molecule has 1 unspecified atom stereocenters. The van der Waals surface area contributed by atoms with Crippen LogP contribution in [0.5, 0.6) is 0 Å². The van der Waals surface area contributed by atoms with Crippen molar-refractivity contribution in [1.29, 1.82) is 0 Å². The zero-order valence-corrected chi connectivity index (χ0v) is 12.6. The molecule has 1 atom stereocenters. The average molecular weight is 303 g/mol. The summed E-state index contributed by atoms with van der Waals surface area (Å²) in [5, 5.41) is 18.7. The number of pyridine rings is 1. The topological polar surface area (TPSA) is 92.1 Å². The van der Waals surface area contributed by atoms with Crippen molar-refractivity contribution in [2.24, 2.45) is 0 Å². The molecule has 0 aliphatic carbocycles. The highest BCUT2D eigenvalue weighted by Crippen LogP contribution is 2.05. The maximum atomic E-state index is 11.6. The van der Waals surface area contributed by atoms with E-state index in [1.54, 1.807) is 30.1 Å². The summed E-state index contributed by atoms with van der Waals surface area (Å²) in [4.78, 5) is 15.6. The van der Waals surface area contributed by atoms with Crippen molar-refractivity contribution in [3.8, 4) is 0 Å². The fourth-order valence-electron chi connectivity index (χ4n) is 1.90. The Kier molecular flexibility index (Phi) is 5.91. The number of aryl methyl sites for hydroxylation is 2. The Bertz CT molecular complexity index is 583. The number of hydrogen-bond acceptors (Lipinski definition) is 4. The third-order valence-corrected chi connectivity index (χ3v) is 3.11. The fraction of sp³-hybridized carbons (Fsp3) is 0.400. The summed E-state index contributed by atoms with van der Waals surface area (Å²) in [6.07, 6.45) is 6.31. The normalized spacial score (nSPS) is 11.9. The summed E-state index contributed by atoms with van der Waals surface area (Å²) >= 11 is 0. The molecule has 2 rings (SSSR count). The minimum atomic E-state index is -0.423. The van der Waals surface area contributed by atoms with Crippen LogP contribution in [0.4, 0.5) is 10.6 Å². The number of anilines is 1. The van der Waals surface area contributed by atoms with E-state index in [1.807, 2.05) is 18.3 Å². The third-order valence-electron chi connectivity index (χ3n) is 3.11. The van der Waals surface area contributed by atoms with E-state index in [0.717, 1.165) is 13.0 Å². The maximum absolute atomic E-state index is 11.6. The molecule has 0 bridgehead atoms. The molecule has 0 radical (unpaired) electrons. The highest BCUT2D eigenvalue weighted by molar-refractivity contribution is 5.88. The minimum absolute atomic E-state index is 0.319. The first-order valence-corrected chi connectivity index (χ1v) is 7.29. The molecule has 2 aromatic heterocycles. The summed E-state index contributed by atoms with van der Waals surface area (Å²) in [5.74, 6) is 0.504. The molecule has 7 heteroatoms. The molecule has 0 fully saturated rings. The molecule has 2 heterocycles. The first-order valence-electron chi connectivity index (χ1n) is 7.29. The van der Waals surface area contributed by atoms with Gasteiger partial charge in [0.2, 0.25) is 0 Å². The second-order valence-electron chi connectivity index (χ2n) is 5.09. The number of hydrogen-bond donors (Lipinski definition) is 3. The van der Waals surface area contributed by atoms with Gasteiger partial charge in [0, 0.05) is 37.7 Å². The lowest BCUT2D eigenvalue weighted by Gasteiger charge is -2.07. The number of urea groups is 1. The van der Waals surface area contributed by atoms with Gasteiger partial charge in [0.05, 0.1) is 6.10 Å². The molecule has 22 heavy (non-hydrogen) atoms. The number of nitrogens with zero attached hydrogens (tertiary/aromatic N) is 3. The molecule has 0 saturated carbocycles. The van der Waals surface area contributed by atoms with Crippen molar-refractivity contribution in [2.45, 2.75) is 32.4 Å². The molecule has 7 nitrogen and oxygen atoms in total. The van der Waals surface area contributed by atoms with Crippen LogP contribution < -0.4 is 10.6 Å². The van der Waals surface area contributed by atoms with Crippen molar-refractivity contribution in [2.75, 3.05) is 11.9 Å². The summed E-state index contributed by atoms with van der Waals surface area (Å²) in [6, 6.07) is 5.37. The van der Waals surface area contributed by atoms with Gasteiger partial charge in [-0.1, -0.05) is 0 Å². The van der Waals surface area contributed by atoms with Crippen LogP contribution in [0.3, 0.4) is 0 Å². The Hall–Kier alpha value is -2.41. The molecule has 118 valence electrons. The number of amides is 2. The van der Waals surface area contributed by atoms with E-state index >= 15 is 0 Å². The van der Waals surface area contributed by atoms with Gasteiger partial charge in [-0.3, -0.25) is 15.0 Å². The van der Waals surface area contributed by atoms with Crippen molar-refractivity contribution in [3.63, 3.8) is 0 Å². The molecule has 2 aromatic rings.